The average Bonchev–Trinajstić information content (AvgIpc) is 2.87. The van der Waals surface area contributed by atoms with Gasteiger partial charge in [0.05, 0.1) is 6.04 Å². The van der Waals surface area contributed by atoms with E-state index in [4.69, 9.17) is 16.0 Å². The lowest BCUT2D eigenvalue weighted by molar-refractivity contribution is 0.490. The molecule has 0 aliphatic carbocycles. The minimum atomic E-state index is -0.0510. The van der Waals surface area contributed by atoms with Gasteiger partial charge in [-0.3, -0.25) is 0 Å². The number of hydrogen-bond donors (Lipinski definition) is 1. The van der Waals surface area contributed by atoms with Gasteiger partial charge in [0.1, 0.15) is 11.3 Å². The smallest absolute Gasteiger partial charge is 0.137 e. The Morgan fingerprint density at radius 2 is 1.90 bits per heavy atom. The molecule has 1 unspecified atom stereocenters. The SMILES string of the molecule is CNC(c1cc2cccc(C)c2o1)c1ccc(C)cc1Cl. The van der Waals surface area contributed by atoms with E-state index in [1.165, 1.54) is 0 Å². The highest BCUT2D eigenvalue weighted by molar-refractivity contribution is 6.31. The van der Waals surface area contributed by atoms with Gasteiger partial charge in [-0.05, 0) is 49.7 Å². The molecule has 0 spiro atoms. The summed E-state index contributed by atoms with van der Waals surface area (Å²) in [6.07, 6.45) is 0. The topological polar surface area (TPSA) is 25.2 Å². The highest BCUT2D eigenvalue weighted by Crippen LogP contribution is 2.33. The molecule has 1 atom stereocenters. The number of fused-ring (bicyclic) bond motifs is 1. The maximum absolute atomic E-state index is 6.40. The largest absolute Gasteiger partial charge is 0.459 e. The summed E-state index contributed by atoms with van der Waals surface area (Å²) in [7, 11) is 1.92. The van der Waals surface area contributed by atoms with Gasteiger partial charge in [0.25, 0.3) is 0 Å². The van der Waals surface area contributed by atoms with Crippen LogP contribution < -0.4 is 5.32 Å². The summed E-state index contributed by atoms with van der Waals surface area (Å²) in [5.41, 5.74) is 4.26. The third kappa shape index (κ3) is 2.57. The minimum Gasteiger partial charge on any atom is -0.459 e. The Bertz CT molecular complexity index is 791. The van der Waals surface area contributed by atoms with Crippen LogP contribution in [0.2, 0.25) is 5.02 Å². The van der Waals surface area contributed by atoms with Gasteiger partial charge in [0.15, 0.2) is 0 Å². The lowest BCUT2D eigenvalue weighted by Gasteiger charge is -2.16. The van der Waals surface area contributed by atoms with Crippen LogP contribution in [0.5, 0.6) is 0 Å². The van der Waals surface area contributed by atoms with Gasteiger partial charge >= 0.3 is 0 Å². The van der Waals surface area contributed by atoms with Crippen LogP contribution in [0.25, 0.3) is 11.0 Å². The summed E-state index contributed by atoms with van der Waals surface area (Å²) in [6.45, 7) is 4.09. The van der Waals surface area contributed by atoms with Gasteiger partial charge in [-0.1, -0.05) is 41.9 Å². The fraction of sp³-hybridized carbons (Fsp3) is 0.222. The molecule has 1 aromatic heterocycles. The van der Waals surface area contributed by atoms with Crippen LogP contribution in [0.3, 0.4) is 0 Å². The van der Waals surface area contributed by atoms with Gasteiger partial charge in [0.2, 0.25) is 0 Å². The fourth-order valence-electron chi connectivity index (χ4n) is 2.69. The Kier molecular flexibility index (Phi) is 3.75. The second kappa shape index (κ2) is 5.55. The Labute approximate surface area is 129 Å². The third-order valence-electron chi connectivity index (χ3n) is 3.80. The van der Waals surface area contributed by atoms with Gasteiger partial charge in [-0.2, -0.15) is 0 Å². The zero-order chi connectivity index (χ0) is 15.0. The number of furan rings is 1. The molecule has 0 bridgehead atoms. The van der Waals surface area contributed by atoms with Gasteiger partial charge in [-0.25, -0.2) is 0 Å². The Balaban J connectivity index is 2.11. The molecule has 0 saturated carbocycles. The lowest BCUT2D eigenvalue weighted by atomic mass is 10.0. The minimum absolute atomic E-state index is 0.0510. The molecule has 2 aromatic carbocycles. The van der Waals surface area contributed by atoms with Crippen LogP contribution in [-0.4, -0.2) is 7.05 Å². The quantitative estimate of drug-likeness (QED) is 0.735. The zero-order valence-electron chi connectivity index (χ0n) is 12.4. The van der Waals surface area contributed by atoms with Crippen LogP contribution >= 0.6 is 11.6 Å². The second-order valence-corrected chi connectivity index (χ2v) is 5.80. The van der Waals surface area contributed by atoms with Crippen LogP contribution in [0.15, 0.2) is 46.9 Å². The summed E-state index contributed by atoms with van der Waals surface area (Å²) < 4.78 is 6.07. The molecular formula is C18H18ClNO. The Morgan fingerprint density at radius 1 is 1.10 bits per heavy atom. The number of hydrogen-bond acceptors (Lipinski definition) is 2. The first-order valence-electron chi connectivity index (χ1n) is 7.02. The van der Waals surface area contributed by atoms with Crippen molar-refractivity contribution in [2.75, 3.05) is 7.05 Å². The summed E-state index contributed by atoms with van der Waals surface area (Å²) in [5.74, 6) is 0.882. The van der Waals surface area contributed by atoms with E-state index in [0.717, 1.165) is 38.4 Å². The molecule has 2 nitrogen and oxygen atoms in total. The van der Waals surface area contributed by atoms with Crippen molar-refractivity contribution in [1.82, 2.24) is 5.32 Å². The molecule has 0 radical (unpaired) electrons. The molecule has 3 aromatic rings. The molecule has 3 heteroatoms. The fourth-order valence-corrected chi connectivity index (χ4v) is 3.03. The molecule has 0 amide bonds. The van der Waals surface area contributed by atoms with E-state index in [1.54, 1.807) is 0 Å². The normalized spacial score (nSPS) is 12.8. The third-order valence-corrected chi connectivity index (χ3v) is 4.13. The van der Waals surface area contributed by atoms with Gasteiger partial charge in [-0.15, -0.1) is 0 Å². The van der Waals surface area contributed by atoms with Crippen molar-refractivity contribution < 1.29 is 4.42 Å². The van der Waals surface area contributed by atoms with E-state index in [9.17, 15) is 0 Å². The predicted molar refractivity (Wildman–Crippen MR) is 88.0 cm³/mol. The molecule has 108 valence electrons. The number of rotatable bonds is 3. The molecule has 0 fully saturated rings. The number of nitrogens with one attached hydrogen (secondary N) is 1. The van der Waals surface area contributed by atoms with E-state index < -0.39 is 0 Å². The summed E-state index contributed by atoms with van der Waals surface area (Å²) in [6, 6.07) is 14.3. The predicted octanol–water partition coefficient (Wildman–Crippen LogP) is 5.01. The van der Waals surface area contributed by atoms with Crippen molar-refractivity contribution in [2.45, 2.75) is 19.9 Å². The van der Waals surface area contributed by atoms with Crippen LogP contribution in [-0.2, 0) is 0 Å². The molecule has 0 aliphatic rings. The lowest BCUT2D eigenvalue weighted by Crippen LogP contribution is -2.17. The van der Waals surface area contributed by atoms with Crippen molar-refractivity contribution in [3.63, 3.8) is 0 Å². The van der Waals surface area contributed by atoms with Crippen molar-refractivity contribution in [3.05, 3.63) is 69.9 Å². The molecule has 1 heterocycles. The highest BCUT2D eigenvalue weighted by Gasteiger charge is 2.19. The van der Waals surface area contributed by atoms with Gasteiger partial charge in [0, 0.05) is 10.4 Å². The zero-order valence-corrected chi connectivity index (χ0v) is 13.2. The molecule has 3 rings (SSSR count). The first kappa shape index (κ1) is 14.2. The summed E-state index contributed by atoms with van der Waals surface area (Å²) in [5, 5.41) is 5.17. The van der Waals surface area contributed by atoms with E-state index >= 15 is 0 Å². The van der Waals surface area contributed by atoms with E-state index in [-0.39, 0.29) is 6.04 Å². The van der Waals surface area contributed by atoms with E-state index in [1.807, 2.05) is 26.1 Å². The van der Waals surface area contributed by atoms with E-state index in [0.29, 0.717) is 0 Å². The van der Waals surface area contributed by atoms with Crippen LogP contribution in [0, 0.1) is 13.8 Å². The Hall–Kier alpha value is -1.77. The summed E-state index contributed by atoms with van der Waals surface area (Å²) in [4.78, 5) is 0. The molecular weight excluding hydrogens is 282 g/mol. The number of aryl methyl sites for hydroxylation is 2. The maximum atomic E-state index is 6.40. The molecule has 1 N–H and O–H groups in total. The van der Waals surface area contributed by atoms with E-state index in [2.05, 4.69) is 42.6 Å². The number of para-hydroxylation sites is 1. The standard InChI is InChI=1S/C18H18ClNO/c1-11-7-8-14(15(19)9-11)17(20-3)16-10-13-6-4-5-12(2)18(13)21-16/h4-10,17,20H,1-3H3. The summed E-state index contributed by atoms with van der Waals surface area (Å²) >= 11 is 6.40. The number of benzene rings is 2. The first-order chi connectivity index (χ1) is 10.1. The van der Waals surface area contributed by atoms with Crippen molar-refractivity contribution >= 4 is 22.6 Å². The maximum Gasteiger partial charge on any atom is 0.137 e. The monoisotopic (exact) mass is 299 g/mol. The second-order valence-electron chi connectivity index (χ2n) is 5.39. The molecule has 0 saturated heterocycles. The van der Waals surface area contributed by atoms with Crippen LogP contribution in [0.1, 0.15) is 28.5 Å². The van der Waals surface area contributed by atoms with Crippen molar-refractivity contribution in [2.24, 2.45) is 0 Å². The van der Waals surface area contributed by atoms with Crippen molar-refractivity contribution in [1.29, 1.82) is 0 Å². The van der Waals surface area contributed by atoms with Gasteiger partial charge < -0.3 is 9.73 Å². The van der Waals surface area contributed by atoms with Crippen LogP contribution in [0.4, 0.5) is 0 Å². The average molecular weight is 300 g/mol. The molecule has 0 aliphatic heterocycles. The number of halogens is 1. The first-order valence-corrected chi connectivity index (χ1v) is 7.40. The Morgan fingerprint density at radius 3 is 2.57 bits per heavy atom. The van der Waals surface area contributed by atoms with Crippen molar-refractivity contribution in [3.8, 4) is 0 Å². The highest BCUT2D eigenvalue weighted by atomic mass is 35.5. The molecule has 21 heavy (non-hydrogen) atoms.